The van der Waals surface area contributed by atoms with Gasteiger partial charge in [-0.1, -0.05) is 50.9 Å². The summed E-state index contributed by atoms with van der Waals surface area (Å²) in [4.78, 5) is 0. The molecule has 0 saturated heterocycles. The van der Waals surface area contributed by atoms with Gasteiger partial charge in [0.05, 0.1) is 5.02 Å². The SMILES string of the molecule is NC(=NO)c1ccc(OCc2ccccc2Br)c(Cl)c1. The number of amidine groups is 1. The fourth-order valence-electron chi connectivity index (χ4n) is 1.61. The van der Waals surface area contributed by atoms with E-state index >= 15 is 0 Å². The Bertz CT molecular complexity index is 647. The van der Waals surface area contributed by atoms with E-state index < -0.39 is 0 Å². The van der Waals surface area contributed by atoms with Crippen molar-refractivity contribution in [3.63, 3.8) is 0 Å². The summed E-state index contributed by atoms with van der Waals surface area (Å²) >= 11 is 9.56. The maximum absolute atomic E-state index is 8.61. The van der Waals surface area contributed by atoms with E-state index in [1.807, 2.05) is 24.3 Å². The number of hydrogen-bond acceptors (Lipinski definition) is 3. The highest BCUT2D eigenvalue weighted by Gasteiger charge is 2.07. The second-order valence-corrected chi connectivity index (χ2v) is 5.27. The first kappa shape index (κ1) is 14.7. The summed E-state index contributed by atoms with van der Waals surface area (Å²) < 4.78 is 6.64. The van der Waals surface area contributed by atoms with E-state index in [2.05, 4.69) is 21.1 Å². The minimum absolute atomic E-state index is 0.00394. The normalized spacial score (nSPS) is 11.4. The zero-order valence-corrected chi connectivity index (χ0v) is 12.7. The van der Waals surface area contributed by atoms with E-state index in [-0.39, 0.29) is 5.84 Å². The highest BCUT2D eigenvalue weighted by molar-refractivity contribution is 9.10. The molecule has 0 amide bonds. The van der Waals surface area contributed by atoms with Crippen molar-refractivity contribution in [2.45, 2.75) is 6.61 Å². The molecule has 20 heavy (non-hydrogen) atoms. The van der Waals surface area contributed by atoms with Crippen LogP contribution in [0.5, 0.6) is 5.75 Å². The van der Waals surface area contributed by atoms with Crippen LogP contribution in [0.25, 0.3) is 0 Å². The Kier molecular flexibility index (Phi) is 4.87. The minimum atomic E-state index is 0.00394. The molecular weight excluding hydrogens is 344 g/mol. The van der Waals surface area contributed by atoms with Crippen molar-refractivity contribution in [1.82, 2.24) is 0 Å². The molecule has 0 unspecified atom stereocenters. The summed E-state index contributed by atoms with van der Waals surface area (Å²) in [6, 6.07) is 12.7. The van der Waals surface area contributed by atoms with Gasteiger partial charge < -0.3 is 15.7 Å². The molecular formula is C14H12BrClN2O2. The van der Waals surface area contributed by atoms with Gasteiger partial charge in [0, 0.05) is 15.6 Å². The van der Waals surface area contributed by atoms with Gasteiger partial charge in [0.1, 0.15) is 12.4 Å². The molecule has 2 aromatic rings. The van der Waals surface area contributed by atoms with Crippen molar-refractivity contribution in [3.8, 4) is 5.75 Å². The highest BCUT2D eigenvalue weighted by Crippen LogP contribution is 2.27. The molecule has 3 N–H and O–H groups in total. The topological polar surface area (TPSA) is 67.8 Å². The lowest BCUT2D eigenvalue weighted by molar-refractivity contribution is 0.305. The van der Waals surface area contributed by atoms with Gasteiger partial charge >= 0.3 is 0 Å². The molecule has 0 aliphatic heterocycles. The average molecular weight is 356 g/mol. The maximum atomic E-state index is 8.61. The molecule has 0 atom stereocenters. The summed E-state index contributed by atoms with van der Waals surface area (Å²) in [5, 5.41) is 11.9. The van der Waals surface area contributed by atoms with Gasteiger partial charge in [0.15, 0.2) is 5.84 Å². The number of halogens is 2. The lowest BCUT2D eigenvalue weighted by Gasteiger charge is -2.10. The molecule has 0 heterocycles. The van der Waals surface area contributed by atoms with Crippen molar-refractivity contribution in [3.05, 3.63) is 63.1 Å². The number of nitrogens with two attached hydrogens (primary N) is 1. The van der Waals surface area contributed by atoms with E-state index in [0.29, 0.717) is 22.9 Å². The molecule has 0 spiro atoms. The van der Waals surface area contributed by atoms with Crippen LogP contribution in [-0.2, 0) is 6.61 Å². The summed E-state index contributed by atoms with van der Waals surface area (Å²) in [6.07, 6.45) is 0. The lowest BCUT2D eigenvalue weighted by Crippen LogP contribution is -2.12. The number of nitrogens with zero attached hydrogens (tertiary/aromatic N) is 1. The molecule has 6 heteroatoms. The van der Waals surface area contributed by atoms with E-state index in [4.69, 9.17) is 27.3 Å². The zero-order chi connectivity index (χ0) is 14.5. The van der Waals surface area contributed by atoms with Crippen molar-refractivity contribution in [1.29, 1.82) is 0 Å². The van der Waals surface area contributed by atoms with Crippen LogP contribution in [0.1, 0.15) is 11.1 Å². The van der Waals surface area contributed by atoms with E-state index in [1.165, 1.54) is 0 Å². The summed E-state index contributed by atoms with van der Waals surface area (Å²) in [6.45, 7) is 0.393. The maximum Gasteiger partial charge on any atom is 0.170 e. The molecule has 0 aromatic heterocycles. The van der Waals surface area contributed by atoms with Crippen LogP contribution < -0.4 is 10.5 Å². The average Bonchev–Trinajstić information content (AvgIpc) is 2.46. The monoisotopic (exact) mass is 354 g/mol. The van der Waals surface area contributed by atoms with Crippen LogP contribution >= 0.6 is 27.5 Å². The Morgan fingerprint density at radius 3 is 2.70 bits per heavy atom. The second kappa shape index (κ2) is 6.63. The molecule has 104 valence electrons. The lowest BCUT2D eigenvalue weighted by atomic mass is 10.2. The van der Waals surface area contributed by atoms with Crippen molar-refractivity contribution < 1.29 is 9.94 Å². The van der Waals surface area contributed by atoms with Gasteiger partial charge in [-0.2, -0.15) is 0 Å². The molecule has 2 rings (SSSR count). The van der Waals surface area contributed by atoms with Gasteiger partial charge in [-0.15, -0.1) is 0 Å². The van der Waals surface area contributed by atoms with Gasteiger partial charge in [-0.3, -0.25) is 0 Å². The standard InChI is InChI=1S/C14H12BrClN2O2/c15-11-4-2-1-3-10(11)8-20-13-6-5-9(7-12(13)16)14(17)18-19/h1-7,19H,8H2,(H2,17,18). The highest BCUT2D eigenvalue weighted by atomic mass is 79.9. The first-order valence-electron chi connectivity index (χ1n) is 5.75. The molecule has 0 saturated carbocycles. The number of ether oxygens (including phenoxy) is 1. The van der Waals surface area contributed by atoms with E-state index in [1.54, 1.807) is 18.2 Å². The third kappa shape index (κ3) is 3.43. The Morgan fingerprint density at radius 2 is 2.05 bits per heavy atom. The first-order chi connectivity index (χ1) is 9.61. The van der Waals surface area contributed by atoms with Gasteiger partial charge in [-0.25, -0.2) is 0 Å². The van der Waals surface area contributed by atoms with Crippen molar-refractivity contribution in [2.75, 3.05) is 0 Å². The number of oxime groups is 1. The zero-order valence-electron chi connectivity index (χ0n) is 10.4. The predicted octanol–water partition coefficient (Wildman–Crippen LogP) is 3.78. The fraction of sp³-hybridized carbons (Fsp3) is 0.0714. The third-order valence-corrected chi connectivity index (χ3v) is 3.75. The smallest absolute Gasteiger partial charge is 0.170 e. The Labute approximate surface area is 129 Å². The van der Waals surface area contributed by atoms with Crippen LogP contribution in [0.4, 0.5) is 0 Å². The van der Waals surface area contributed by atoms with Crippen LogP contribution in [0, 0.1) is 0 Å². The molecule has 0 bridgehead atoms. The summed E-state index contributed by atoms with van der Waals surface area (Å²) in [7, 11) is 0. The molecule has 0 fully saturated rings. The van der Waals surface area contributed by atoms with Crippen molar-refractivity contribution in [2.24, 2.45) is 10.9 Å². The number of hydrogen-bond donors (Lipinski definition) is 2. The Balaban J connectivity index is 2.13. The quantitative estimate of drug-likeness (QED) is 0.379. The molecule has 2 aromatic carbocycles. The van der Waals surface area contributed by atoms with Gasteiger partial charge in [0.2, 0.25) is 0 Å². The second-order valence-electron chi connectivity index (χ2n) is 4.01. The number of rotatable bonds is 4. The first-order valence-corrected chi connectivity index (χ1v) is 6.92. The molecule has 4 nitrogen and oxygen atoms in total. The van der Waals surface area contributed by atoms with Gasteiger partial charge in [-0.05, 0) is 24.3 Å². The van der Waals surface area contributed by atoms with Crippen molar-refractivity contribution >= 4 is 33.4 Å². The number of benzene rings is 2. The Hall–Kier alpha value is -1.72. The summed E-state index contributed by atoms with van der Waals surface area (Å²) in [5.74, 6) is 0.543. The van der Waals surface area contributed by atoms with Crippen LogP contribution in [-0.4, -0.2) is 11.0 Å². The van der Waals surface area contributed by atoms with E-state index in [0.717, 1.165) is 10.0 Å². The van der Waals surface area contributed by atoms with Crippen LogP contribution in [0.15, 0.2) is 52.1 Å². The van der Waals surface area contributed by atoms with E-state index in [9.17, 15) is 0 Å². The Morgan fingerprint density at radius 1 is 1.30 bits per heavy atom. The fourth-order valence-corrected chi connectivity index (χ4v) is 2.24. The summed E-state index contributed by atoms with van der Waals surface area (Å²) in [5.41, 5.74) is 7.04. The molecule has 0 radical (unpaired) electrons. The van der Waals surface area contributed by atoms with Crippen LogP contribution in [0.3, 0.4) is 0 Å². The third-order valence-electron chi connectivity index (χ3n) is 2.68. The largest absolute Gasteiger partial charge is 0.487 e. The van der Waals surface area contributed by atoms with Gasteiger partial charge in [0.25, 0.3) is 0 Å². The molecule has 0 aliphatic rings. The molecule has 0 aliphatic carbocycles. The predicted molar refractivity (Wildman–Crippen MR) is 82.4 cm³/mol. The van der Waals surface area contributed by atoms with Crippen LogP contribution in [0.2, 0.25) is 5.02 Å². The minimum Gasteiger partial charge on any atom is -0.487 e.